The van der Waals surface area contributed by atoms with E-state index >= 15 is 0 Å². The summed E-state index contributed by atoms with van der Waals surface area (Å²) in [6, 6.07) is 5.76. The molecule has 4 rings (SSSR count). The zero-order valence-electron chi connectivity index (χ0n) is 17.9. The Labute approximate surface area is 177 Å². The third-order valence-corrected chi connectivity index (χ3v) is 6.35. The summed E-state index contributed by atoms with van der Waals surface area (Å²) >= 11 is 0. The maximum absolute atomic E-state index is 13.1. The molecule has 1 aromatic carbocycles. The molecule has 0 aromatic heterocycles. The summed E-state index contributed by atoms with van der Waals surface area (Å²) in [7, 11) is 1.64. The Morgan fingerprint density at radius 1 is 1.27 bits per heavy atom. The molecule has 1 aromatic rings. The number of amides is 1. The predicted octanol–water partition coefficient (Wildman–Crippen LogP) is 2.88. The molecule has 7 nitrogen and oxygen atoms in total. The van der Waals surface area contributed by atoms with Gasteiger partial charge < -0.3 is 19.5 Å². The van der Waals surface area contributed by atoms with E-state index in [1.807, 2.05) is 24.3 Å². The van der Waals surface area contributed by atoms with Gasteiger partial charge in [0.25, 0.3) is 5.91 Å². The van der Waals surface area contributed by atoms with Gasteiger partial charge in [-0.3, -0.25) is 15.1 Å². The Balaban J connectivity index is 1.52. The van der Waals surface area contributed by atoms with Crippen molar-refractivity contribution in [3.63, 3.8) is 0 Å². The van der Waals surface area contributed by atoms with Gasteiger partial charge in [-0.2, -0.15) is 0 Å². The average Bonchev–Trinajstić information content (AvgIpc) is 3.43. The zero-order chi connectivity index (χ0) is 21.1. The summed E-state index contributed by atoms with van der Waals surface area (Å²) in [6.45, 7) is 3.15. The van der Waals surface area contributed by atoms with Crippen molar-refractivity contribution in [1.29, 1.82) is 0 Å². The molecule has 1 aliphatic carbocycles. The molecule has 3 aliphatic rings. The number of nitrogens with zero attached hydrogens (tertiary/aromatic N) is 1. The van der Waals surface area contributed by atoms with Gasteiger partial charge in [0.2, 0.25) is 0 Å². The SMILES string of the molecule is COc1ccc(C2=CC(C)(C(=O)N3CCCC(CO)C3)ON2)cc1OC1CCCC1. The van der Waals surface area contributed by atoms with Crippen LogP contribution >= 0.6 is 0 Å². The van der Waals surface area contributed by atoms with Crippen LogP contribution < -0.4 is 15.0 Å². The van der Waals surface area contributed by atoms with Gasteiger partial charge in [-0.25, -0.2) is 0 Å². The second-order valence-electron chi connectivity index (χ2n) is 8.70. The molecule has 1 saturated carbocycles. The predicted molar refractivity (Wildman–Crippen MR) is 113 cm³/mol. The molecule has 2 aliphatic heterocycles. The molecule has 2 heterocycles. The van der Waals surface area contributed by atoms with E-state index in [1.54, 1.807) is 18.9 Å². The molecule has 2 atom stereocenters. The molecule has 164 valence electrons. The number of ether oxygens (including phenoxy) is 2. The fourth-order valence-electron chi connectivity index (χ4n) is 4.58. The number of carbonyl (C=O) groups is 1. The Hall–Kier alpha value is -2.25. The van der Waals surface area contributed by atoms with Crippen molar-refractivity contribution < 1.29 is 24.2 Å². The smallest absolute Gasteiger partial charge is 0.261 e. The lowest BCUT2D eigenvalue weighted by Crippen LogP contribution is -2.51. The van der Waals surface area contributed by atoms with Crippen LogP contribution in [0.3, 0.4) is 0 Å². The van der Waals surface area contributed by atoms with Crippen LogP contribution in [0, 0.1) is 5.92 Å². The summed E-state index contributed by atoms with van der Waals surface area (Å²) in [6.07, 6.45) is 8.43. The van der Waals surface area contributed by atoms with E-state index in [0.29, 0.717) is 24.6 Å². The fraction of sp³-hybridized carbons (Fsp3) is 0.609. The fourth-order valence-corrected chi connectivity index (χ4v) is 4.58. The van der Waals surface area contributed by atoms with Crippen LogP contribution in [0.5, 0.6) is 11.5 Å². The van der Waals surface area contributed by atoms with Crippen LogP contribution in [0.15, 0.2) is 24.3 Å². The van der Waals surface area contributed by atoms with Gasteiger partial charge in [0.1, 0.15) is 0 Å². The Morgan fingerprint density at radius 2 is 2.07 bits per heavy atom. The Kier molecular flexibility index (Phi) is 6.20. The van der Waals surface area contributed by atoms with Crippen molar-refractivity contribution in [3.05, 3.63) is 29.8 Å². The van der Waals surface area contributed by atoms with E-state index < -0.39 is 5.60 Å². The standard InChI is InChI=1S/C23H32N2O5/c1-23(22(27)25-11-5-6-16(14-25)15-26)13-19(24-30-23)17-9-10-20(28-2)21(12-17)29-18-7-3-4-8-18/h9-10,12-13,16,18,24,26H,3-8,11,14-15H2,1-2H3. The number of aliphatic hydroxyl groups excluding tert-OH is 1. The van der Waals surface area contributed by atoms with Crippen molar-refractivity contribution in [1.82, 2.24) is 10.4 Å². The van der Waals surface area contributed by atoms with E-state index in [4.69, 9.17) is 14.3 Å². The lowest BCUT2D eigenvalue weighted by Gasteiger charge is -2.35. The van der Waals surface area contributed by atoms with Gasteiger partial charge in [0.15, 0.2) is 17.1 Å². The van der Waals surface area contributed by atoms with Crippen molar-refractivity contribution in [3.8, 4) is 11.5 Å². The molecular formula is C23H32N2O5. The third kappa shape index (κ3) is 4.27. The van der Waals surface area contributed by atoms with E-state index in [9.17, 15) is 9.90 Å². The number of hydrogen-bond donors (Lipinski definition) is 2. The minimum Gasteiger partial charge on any atom is -0.493 e. The number of likely N-dealkylation sites (tertiary alicyclic amines) is 1. The first-order valence-corrected chi connectivity index (χ1v) is 10.9. The second kappa shape index (κ2) is 8.86. The van der Waals surface area contributed by atoms with E-state index in [2.05, 4.69) is 5.48 Å². The highest BCUT2D eigenvalue weighted by molar-refractivity contribution is 5.90. The molecule has 1 amide bonds. The number of benzene rings is 1. The summed E-state index contributed by atoms with van der Waals surface area (Å²) < 4.78 is 11.7. The van der Waals surface area contributed by atoms with Crippen molar-refractivity contribution >= 4 is 11.6 Å². The van der Waals surface area contributed by atoms with Crippen LogP contribution in [0.1, 0.15) is 51.0 Å². The highest BCUT2D eigenvalue weighted by atomic mass is 16.7. The maximum atomic E-state index is 13.1. The number of hydroxylamine groups is 1. The third-order valence-electron chi connectivity index (χ3n) is 6.35. The molecule has 0 bridgehead atoms. The quantitative estimate of drug-likeness (QED) is 0.742. The first-order chi connectivity index (χ1) is 14.5. The molecule has 0 spiro atoms. The number of carbonyl (C=O) groups excluding carboxylic acids is 1. The molecule has 2 fully saturated rings. The lowest BCUT2D eigenvalue weighted by molar-refractivity contribution is -0.155. The summed E-state index contributed by atoms with van der Waals surface area (Å²) in [5.41, 5.74) is 3.47. The highest BCUT2D eigenvalue weighted by Gasteiger charge is 2.42. The molecular weight excluding hydrogens is 384 g/mol. The first kappa shape index (κ1) is 21.0. The molecule has 2 unspecified atom stereocenters. The molecule has 1 saturated heterocycles. The summed E-state index contributed by atoms with van der Waals surface area (Å²) in [4.78, 5) is 20.7. The number of methoxy groups -OCH3 is 1. The maximum Gasteiger partial charge on any atom is 0.261 e. The van der Waals surface area contributed by atoms with E-state index in [1.165, 1.54) is 12.8 Å². The first-order valence-electron chi connectivity index (χ1n) is 10.9. The average molecular weight is 417 g/mol. The summed E-state index contributed by atoms with van der Waals surface area (Å²) in [5.74, 6) is 1.47. The number of piperidine rings is 1. The number of rotatable bonds is 6. The van der Waals surface area contributed by atoms with Crippen LogP contribution in [0.4, 0.5) is 0 Å². The minimum atomic E-state index is -1.08. The van der Waals surface area contributed by atoms with Gasteiger partial charge in [-0.15, -0.1) is 0 Å². The van der Waals surface area contributed by atoms with Crippen LogP contribution in [-0.2, 0) is 9.63 Å². The monoisotopic (exact) mass is 416 g/mol. The molecule has 2 N–H and O–H groups in total. The number of nitrogens with one attached hydrogen (secondary N) is 1. The molecule has 7 heteroatoms. The van der Waals surface area contributed by atoms with Gasteiger partial charge in [0, 0.05) is 25.3 Å². The van der Waals surface area contributed by atoms with Gasteiger partial charge in [-0.1, -0.05) is 0 Å². The van der Waals surface area contributed by atoms with E-state index in [-0.39, 0.29) is 24.5 Å². The Bertz CT molecular complexity index is 805. The van der Waals surface area contributed by atoms with Gasteiger partial charge in [-0.05, 0) is 75.6 Å². The Morgan fingerprint density at radius 3 is 2.80 bits per heavy atom. The van der Waals surface area contributed by atoms with Gasteiger partial charge in [0.05, 0.1) is 18.9 Å². The van der Waals surface area contributed by atoms with Crippen molar-refractivity contribution in [2.45, 2.75) is 57.2 Å². The van der Waals surface area contributed by atoms with Crippen molar-refractivity contribution in [2.75, 3.05) is 26.8 Å². The number of hydrogen-bond acceptors (Lipinski definition) is 6. The normalized spacial score (nSPS) is 27.0. The van der Waals surface area contributed by atoms with Crippen LogP contribution in [0.25, 0.3) is 5.70 Å². The molecule has 30 heavy (non-hydrogen) atoms. The van der Waals surface area contributed by atoms with Crippen LogP contribution in [-0.4, -0.2) is 54.4 Å². The highest BCUT2D eigenvalue weighted by Crippen LogP contribution is 2.36. The van der Waals surface area contributed by atoms with E-state index in [0.717, 1.165) is 36.9 Å². The minimum absolute atomic E-state index is 0.0842. The summed E-state index contributed by atoms with van der Waals surface area (Å²) in [5, 5.41) is 9.47. The topological polar surface area (TPSA) is 80.3 Å². The second-order valence-corrected chi connectivity index (χ2v) is 8.70. The van der Waals surface area contributed by atoms with Crippen LogP contribution in [0.2, 0.25) is 0 Å². The largest absolute Gasteiger partial charge is 0.493 e. The number of aliphatic hydroxyl groups is 1. The van der Waals surface area contributed by atoms with Gasteiger partial charge >= 0.3 is 0 Å². The zero-order valence-corrected chi connectivity index (χ0v) is 17.9. The van der Waals surface area contributed by atoms with Crippen molar-refractivity contribution in [2.24, 2.45) is 5.92 Å². The molecule has 0 radical (unpaired) electrons. The lowest BCUT2D eigenvalue weighted by atomic mass is 9.95.